The van der Waals surface area contributed by atoms with Crippen LogP contribution in [0.2, 0.25) is 0 Å². The predicted octanol–water partition coefficient (Wildman–Crippen LogP) is 1.19. The first kappa shape index (κ1) is 12.2. The van der Waals surface area contributed by atoms with E-state index >= 15 is 0 Å². The van der Waals surface area contributed by atoms with E-state index < -0.39 is 11.1 Å². The van der Waals surface area contributed by atoms with Crippen molar-refractivity contribution < 1.29 is 4.79 Å². The summed E-state index contributed by atoms with van der Waals surface area (Å²) in [5.41, 5.74) is 5.14. The van der Waals surface area contributed by atoms with Crippen LogP contribution in [0.5, 0.6) is 0 Å². The maximum Gasteiger partial charge on any atom is 0.243 e. The highest BCUT2D eigenvalue weighted by atomic mass is 16.1. The number of amides is 1. The first-order valence-corrected chi connectivity index (χ1v) is 4.50. The third-order valence-electron chi connectivity index (χ3n) is 2.71. The van der Waals surface area contributed by atoms with Crippen molar-refractivity contribution in [3.8, 4) is 0 Å². The van der Waals surface area contributed by atoms with Crippen molar-refractivity contribution in [1.82, 2.24) is 5.32 Å². The maximum absolute atomic E-state index is 11.1. The molecule has 1 unspecified atom stereocenters. The smallest absolute Gasteiger partial charge is 0.243 e. The molecule has 76 valence electrons. The SMILES string of the molecule is C=CC(=O)NC(C)(CC)C(C)(C)N. The molecule has 0 heterocycles. The van der Waals surface area contributed by atoms with Crippen molar-refractivity contribution >= 4 is 5.91 Å². The molecule has 0 bridgehead atoms. The predicted molar refractivity (Wildman–Crippen MR) is 55.3 cm³/mol. The lowest BCUT2D eigenvalue weighted by atomic mass is 9.79. The molecule has 0 radical (unpaired) electrons. The van der Waals surface area contributed by atoms with Gasteiger partial charge < -0.3 is 11.1 Å². The first-order chi connectivity index (χ1) is 5.77. The molecule has 3 N–H and O–H groups in total. The molecule has 0 aliphatic rings. The average molecular weight is 184 g/mol. The van der Waals surface area contributed by atoms with Crippen LogP contribution in [0, 0.1) is 0 Å². The van der Waals surface area contributed by atoms with E-state index in [4.69, 9.17) is 5.73 Å². The van der Waals surface area contributed by atoms with Gasteiger partial charge in [0.2, 0.25) is 5.91 Å². The minimum Gasteiger partial charge on any atom is -0.346 e. The Kier molecular flexibility index (Phi) is 3.67. The topological polar surface area (TPSA) is 55.1 Å². The van der Waals surface area contributed by atoms with Crippen LogP contribution in [-0.2, 0) is 4.79 Å². The summed E-state index contributed by atoms with van der Waals surface area (Å²) < 4.78 is 0. The van der Waals surface area contributed by atoms with Gasteiger partial charge in [-0.3, -0.25) is 4.79 Å². The van der Waals surface area contributed by atoms with E-state index in [1.807, 2.05) is 27.7 Å². The minimum absolute atomic E-state index is 0.178. The lowest BCUT2D eigenvalue weighted by Crippen LogP contribution is -2.63. The average Bonchev–Trinajstić information content (AvgIpc) is 2.02. The minimum atomic E-state index is -0.444. The van der Waals surface area contributed by atoms with Gasteiger partial charge in [0.05, 0.1) is 5.54 Å². The lowest BCUT2D eigenvalue weighted by Gasteiger charge is -2.41. The summed E-state index contributed by atoms with van der Waals surface area (Å²) in [6.07, 6.45) is 2.05. The molecule has 0 aliphatic carbocycles. The fraction of sp³-hybridized carbons (Fsp3) is 0.700. The molecule has 0 spiro atoms. The molecular weight excluding hydrogens is 164 g/mol. The number of nitrogens with two attached hydrogens (primary N) is 1. The summed E-state index contributed by atoms with van der Waals surface area (Å²) in [7, 11) is 0. The van der Waals surface area contributed by atoms with Gasteiger partial charge in [-0.15, -0.1) is 0 Å². The van der Waals surface area contributed by atoms with Crippen LogP contribution in [0.3, 0.4) is 0 Å². The van der Waals surface area contributed by atoms with Gasteiger partial charge >= 0.3 is 0 Å². The molecule has 0 aliphatic heterocycles. The van der Waals surface area contributed by atoms with E-state index in [1.165, 1.54) is 6.08 Å². The van der Waals surface area contributed by atoms with Gasteiger partial charge in [0, 0.05) is 5.54 Å². The highest BCUT2D eigenvalue weighted by Gasteiger charge is 2.37. The first-order valence-electron chi connectivity index (χ1n) is 4.50. The van der Waals surface area contributed by atoms with Crippen molar-refractivity contribution in [3.63, 3.8) is 0 Å². The number of hydrogen-bond acceptors (Lipinski definition) is 2. The van der Waals surface area contributed by atoms with Crippen molar-refractivity contribution in [2.24, 2.45) is 5.73 Å². The zero-order valence-electron chi connectivity index (χ0n) is 8.98. The van der Waals surface area contributed by atoms with Crippen molar-refractivity contribution in [3.05, 3.63) is 12.7 Å². The largest absolute Gasteiger partial charge is 0.346 e. The molecule has 0 saturated carbocycles. The van der Waals surface area contributed by atoms with Crippen LogP contribution >= 0.6 is 0 Å². The summed E-state index contributed by atoms with van der Waals surface area (Å²) in [6, 6.07) is 0. The van der Waals surface area contributed by atoms with Crippen molar-refractivity contribution in [2.75, 3.05) is 0 Å². The third kappa shape index (κ3) is 2.84. The van der Waals surface area contributed by atoms with Gasteiger partial charge in [0.15, 0.2) is 0 Å². The zero-order chi connectivity index (χ0) is 10.7. The van der Waals surface area contributed by atoms with E-state index in [9.17, 15) is 4.79 Å². The molecule has 3 heteroatoms. The Morgan fingerprint density at radius 3 is 2.23 bits per heavy atom. The van der Waals surface area contributed by atoms with Crippen molar-refractivity contribution in [1.29, 1.82) is 0 Å². The second kappa shape index (κ2) is 3.92. The molecule has 1 amide bonds. The third-order valence-corrected chi connectivity index (χ3v) is 2.71. The zero-order valence-corrected chi connectivity index (χ0v) is 8.98. The van der Waals surface area contributed by atoms with Crippen LogP contribution in [0.15, 0.2) is 12.7 Å². The monoisotopic (exact) mass is 184 g/mol. The molecule has 0 fully saturated rings. The van der Waals surface area contributed by atoms with Gasteiger partial charge in [-0.1, -0.05) is 13.5 Å². The standard InChI is InChI=1S/C10H20N2O/c1-6-8(13)12-10(5,7-2)9(3,4)11/h6H,1,7,11H2,2-5H3,(H,12,13). The highest BCUT2D eigenvalue weighted by Crippen LogP contribution is 2.22. The van der Waals surface area contributed by atoms with Crippen molar-refractivity contribution in [2.45, 2.75) is 45.2 Å². The van der Waals surface area contributed by atoms with Crippen LogP contribution in [0.1, 0.15) is 34.1 Å². The Hall–Kier alpha value is -0.830. The summed E-state index contributed by atoms with van der Waals surface area (Å²) in [4.78, 5) is 11.1. The van der Waals surface area contributed by atoms with Crippen LogP contribution in [0.4, 0.5) is 0 Å². The second-order valence-corrected chi connectivity index (χ2v) is 4.10. The van der Waals surface area contributed by atoms with Gasteiger partial charge in [-0.2, -0.15) is 0 Å². The summed E-state index contributed by atoms with van der Waals surface area (Å²) in [5, 5.41) is 2.85. The van der Waals surface area contributed by atoms with E-state index in [0.717, 1.165) is 6.42 Å². The molecular formula is C10H20N2O. The Morgan fingerprint density at radius 1 is 1.54 bits per heavy atom. The Bertz CT molecular complexity index is 205. The Labute approximate surface area is 80.4 Å². The number of hydrogen-bond donors (Lipinski definition) is 2. The number of carbonyl (C=O) groups excluding carboxylic acids is 1. The molecule has 0 aromatic rings. The van der Waals surface area contributed by atoms with Gasteiger partial charge in [-0.25, -0.2) is 0 Å². The molecule has 0 aromatic heterocycles. The van der Waals surface area contributed by atoms with E-state index in [2.05, 4.69) is 11.9 Å². The number of nitrogens with one attached hydrogen (secondary N) is 1. The molecule has 0 saturated heterocycles. The molecule has 0 aromatic carbocycles. The normalized spacial score (nSPS) is 16.1. The lowest BCUT2D eigenvalue weighted by molar-refractivity contribution is -0.119. The molecule has 13 heavy (non-hydrogen) atoms. The summed E-state index contributed by atoms with van der Waals surface area (Å²) >= 11 is 0. The number of carbonyl (C=O) groups is 1. The van der Waals surface area contributed by atoms with Gasteiger partial charge in [0.25, 0.3) is 0 Å². The van der Waals surface area contributed by atoms with Gasteiger partial charge in [0.1, 0.15) is 0 Å². The molecule has 1 atom stereocenters. The fourth-order valence-corrected chi connectivity index (χ4v) is 1.03. The molecule has 0 rings (SSSR count). The number of rotatable bonds is 4. The van der Waals surface area contributed by atoms with Crippen LogP contribution in [-0.4, -0.2) is 17.0 Å². The quantitative estimate of drug-likeness (QED) is 0.645. The van der Waals surface area contributed by atoms with Gasteiger partial charge in [-0.05, 0) is 33.3 Å². The van der Waals surface area contributed by atoms with E-state index in [-0.39, 0.29) is 5.91 Å². The fourth-order valence-electron chi connectivity index (χ4n) is 1.03. The second-order valence-electron chi connectivity index (χ2n) is 4.10. The summed E-state index contributed by atoms with van der Waals surface area (Å²) in [5.74, 6) is -0.178. The maximum atomic E-state index is 11.1. The van der Waals surface area contributed by atoms with Crippen LogP contribution < -0.4 is 11.1 Å². The Balaban J connectivity index is 4.65. The Morgan fingerprint density at radius 2 is 2.00 bits per heavy atom. The van der Waals surface area contributed by atoms with E-state index in [1.54, 1.807) is 0 Å². The van der Waals surface area contributed by atoms with E-state index in [0.29, 0.717) is 0 Å². The van der Waals surface area contributed by atoms with Crippen LogP contribution in [0.25, 0.3) is 0 Å². The highest BCUT2D eigenvalue weighted by molar-refractivity contribution is 5.87. The molecule has 3 nitrogen and oxygen atoms in total. The summed E-state index contributed by atoms with van der Waals surface area (Å²) in [6.45, 7) is 11.2.